The zero-order valence-corrected chi connectivity index (χ0v) is 10.1. The number of halogens is 1. The molecule has 1 aliphatic rings. The van der Waals surface area contributed by atoms with E-state index < -0.39 is 18.0 Å². The van der Waals surface area contributed by atoms with Crippen LogP contribution in [0.2, 0.25) is 0 Å². The maximum atomic E-state index is 10.4. The molecule has 0 radical (unpaired) electrons. The Balaban J connectivity index is -0.000000355. The summed E-state index contributed by atoms with van der Waals surface area (Å²) >= 11 is 0.700. The zero-order valence-electron chi connectivity index (χ0n) is 8.09. The second kappa shape index (κ2) is 12.6. The molecule has 98 valence electrons. The summed E-state index contributed by atoms with van der Waals surface area (Å²) in [6.07, 6.45) is 3.94. The number of carboxylic acids is 2. The SMILES string of the molecule is F.O=C(O)C1=CC=CC(C(=O)O)[N-]1.OO.[O]=[Mo]. The predicted octanol–water partition coefficient (Wildman–Crippen LogP) is 0.400. The average Bonchev–Trinajstić information content (AvgIpc) is 2.34. The van der Waals surface area contributed by atoms with Crippen molar-refractivity contribution in [1.82, 2.24) is 0 Å². The normalized spacial score (nSPS) is 15.4. The Morgan fingerprint density at radius 1 is 1.24 bits per heavy atom. The van der Waals surface area contributed by atoms with Gasteiger partial charge >= 0.3 is 29.1 Å². The number of hydrogen-bond donors (Lipinski definition) is 4. The van der Waals surface area contributed by atoms with E-state index in [4.69, 9.17) is 24.1 Å². The quantitative estimate of drug-likeness (QED) is 0.325. The molecule has 10 heteroatoms. The van der Waals surface area contributed by atoms with Gasteiger partial charge in [-0.1, -0.05) is 23.9 Å². The molecule has 0 saturated carbocycles. The molecule has 17 heavy (non-hydrogen) atoms. The number of hydrogen-bond acceptors (Lipinski definition) is 5. The van der Waals surface area contributed by atoms with Gasteiger partial charge in [0.2, 0.25) is 0 Å². The minimum absolute atomic E-state index is 0. The molecule has 1 rings (SSSR count). The second-order valence-electron chi connectivity index (χ2n) is 2.15. The molecule has 1 unspecified atom stereocenters. The van der Waals surface area contributed by atoms with E-state index in [0.29, 0.717) is 19.8 Å². The van der Waals surface area contributed by atoms with Crippen LogP contribution in [0.1, 0.15) is 0 Å². The van der Waals surface area contributed by atoms with Gasteiger partial charge in [0, 0.05) is 6.04 Å². The molecule has 0 saturated heterocycles. The van der Waals surface area contributed by atoms with Crippen LogP contribution < -0.4 is 0 Å². The van der Waals surface area contributed by atoms with Crippen molar-refractivity contribution >= 4 is 11.9 Å². The van der Waals surface area contributed by atoms with E-state index in [1.807, 2.05) is 0 Å². The molecular formula is C7H9FMoNO7-. The fraction of sp³-hybridized carbons (Fsp3) is 0.143. The Labute approximate surface area is 106 Å². The Morgan fingerprint density at radius 3 is 2.06 bits per heavy atom. The summed E-state index contributed by atoms with van der Waals surface area (Å²) in [5, 5.41) is 32.4. The maximum absolute atomic E-state index is 10.4. The first-order chi connectivity index (χ1) is 7.61. The molecule has 0 aromatic rings. The molecule has 1 aliphatic heterocycles. The van der Waals surface area contributed by atoms with Gasteiger partial charge in [-0.25, -0.2) is 4.79 Å². The van der Waals surface area contributed by atoms with E-state index >= 15 is 0 Å². The minimum atomic E-state index is -1.22. The molecule has 0 aromatic carbocycles. The van der Waals surface area contributed by atoms with Crippen LogP contribution in [0.3, 0.4) is 0 Å². The average molecular weight is 334 g/mol. The van der Waals surface area contributed by atoms with Crippen molar-refractivity contribution in [3.8, 4) is 0 Å². The Kier molecular flexibility index (Phi) is 15.5. The standard InChI is InChI=1S/C7H6NO4.FH.Mo.H2O2.O/c9-6(10)4-2-1-3-5(8-4)7(11)12;;;1-2;/h1-4H,(H,9,10)(H,11,12);1H;;1-2H;/q-1;;;;. The summed E-state index contributed by atoms with van der Waals surface area (Å²) in [4.78, 5) is 20.7. The molecule has 4 N–H and O–H groups in total. The molecule has 1 heterocycles. The second-order valence-corrected chi connectivity index (χ2v) is 2.15. The summed E-state index contributed by atoms with van der Waals surface area (Å²) in [5.74, 6) is -2.37. The van der Waals surface area contributed by atoms with E-state index in [2.05, 4.69) is 5.32 Å². The molecule has 0 bridgehead atoms. The van der Waals surface area contributed by atoms with Crippen LogP contribution in [-0.4, -0.2) is 38.7 Å². The van der Waals surface area contributed by atoms with Gasteiger partial charge in [0.05, 0.1) is 0 Å². The van der Waals surface area contributed by atoms with Gasteiger partial charge in [-0.05, 0) is 0 Å². The van der Waals surface area contributed by atoms with Crippen molar-refractivity contribution in [3.63, 3.8) is 0 Å². The van der Waals surface area contributed by atoms with E-state index in [1.54, 1.807) is 0 Å². The van der Waals surface area contributed by atoms with Crippen LogP contribution in [0, 0.1) is 0 Å². The fourth-order valence-electron chi connectivity index (χ4n) is 0.752. The summed E-state index contributed by atoms with van der Waals surface area (Å²) in [6.45, 7) is 0. The predicted molar refractivity (Wildman–Crippen MR) is 48.1 cm³/mol. The molecule has 0 amide bonds. The number of rotatable bonds is 2. The van der Waals surface area contributed by atoms with E-state index in [9.17, 15) is 9.59 Å². The molecule has 8 nitrogen and oxygen atoms in total. The summed E-state index contributed by atoms with van der Waals surface area (Å²) in [7, 11) is 0. The zero-order chi connectivity index (χ0) is 13.1. The first kappa shape index (κ1) is 20.9. The molecule has 1 atom stereocenters. The molecular weight excluding hydrogens is 325 g/mol. The number of carbonyl (C=O) groups is 2. The summed E-state index contributed by atoms with van der Waals surface area (Å²) < 4.78 is 8.26. The number of carboxylic acid groups (broad SMARTS) is 2. The van der Waals surface area contributed by atoms with Crippen molar-refractivity contribution in [2.45, 2.75) is 6.04 Å². The van der Waals surface area contributed by atoms with Crippen LogP contribution >= 0.6 is 0 Å². The van der Waals surface area contributed by atoms with Crippen LogP contribution in [0.4, 0.5) is 4.70 Å². The van der Waals surface area contributed by atoms with Crippen LogP contribution in [0.15, 0.2) is 23.9 Å². The summed E-state index contributed by atoms with van der Waals surface area (Å²) in [6, 6.07) is -1.07. The molecule has 0 fully saturated rings. The third kappa shape index (κ3) is 8.37. The monoisotopic (exact) mass is 336 g/mol. The number of allylic oxidation sites excluding steroid dienone is 2. The van der Waals surface area contributed by atoms with E-state index in [1.165, 1.54) is 18.2 Å². The van der Waals surface area contributed by atoms with Gasteiger partial charge in [-0.15, -0.1) is 0 Å². The van der Waals surface area contributed by atoms with E-state index in [0.717, 1.165) is 0 Å². The fourth-order valence-corrected chi connectivity index (χ4v) is 0.752. The van der Waals surface area contributed by atoms with Crippen LogP contribution in [0.5, 0.6) is 0 Å². The van der Waals surface area contributed by atoms with Gasteiger partial charge in [0.1, 0.15) is 0 Å². The first-order valence-corrected chi connectivity index (χ1v) is 4.35. The topological polar surface area (TPSA) is 146 Å². The number of nitrogens with zero attached hydrogens (tertiary/aromatic N) is 1. The third-order valence-corrected chi connectivity index (χ3v) is 1.30. The van der Waals surface area contributed by atoms with Crippen LogP contribution in [-0.2, 0) is 32.8 Å². The van der Waals surface area contributed by atoms with Gasteiger partial charge in [-0.3, -0.25) is 20.0 Å². The Morgan fingerprint density at radius 2 is 1.71 bits per heavy atom. The van der Waals surface area contributed by atoms with Crippen molar-refractivity contribution in [2.24, 2.45) is 0 Å². The number of aliphatic carboxylic acids is 2. The van der Waals surface area contributed by atoms with Crippen LogP contribution in [0.25, 0.3) is 5.32 Å². The first-order valence-electron chi connectivity index (χ1n) is 3.53. The Hall–Kier alpha value is -1.44. The third-order valence-electron chi connectivity index (χ3n) is 1.30. The van der Waals surface area contributed by atoms with Gasteiger partial charge in [0.15, 0.2) is 0 Å². The van der Waals surface area contributed by atoms with Gasteiger partial charge in [0.25, 0.3) is 5.97 Å². The summed E-state index contributed by atoms with van der Waals surface area (Å²) in [5.41, 5.74) is -0.232. The molecule has 0 aliphatic carbocycles. The van der Waals surface area contributed by atoms with Crippen molar-refractivity contribution in [2.75, 3.05) is 0 Å². The Bertz CT molecular complexity index is 307. The van der Waals surface area contributed by atoms with Gasteiger partial charge in [-0.2, -0.15) is 0 Å². The van der Waals surface area contributed by atoms with Crippen molar-refractivity contribution in [3.05, 3.63) is 29.2 Å². The van der Waals surface area contributed by atoms with E-state index in [-0.39, 0.29) is 10.4 Å². The molecule has 0 aromatic heterocycles. The van der Waals surface area contributed by atoms with Crippen molar-refractivity contribution in [1.29, 1.82) is 0 Å². The van der Waals surface area contributed by atoms with Crippen molar-refractivity contribution < 1.29 is 58.2 Å². The molecule has 0 spiro atoms. The van der Waals surface area contributed by atoms with Gasteiger partial charge < -0.3 is 15.5 Å².